The van der Waals surface area contributed by atoms with Gasteiger partial charge in [0.1, 0.15) is 0 Å². The zero-order chi connectivity index (χ0) is 9.00. The Morgan fingerprint density at radius 1 is 0.462 bits per heavy atom. The van der Waals surface area contributed by atoms with Gasteiger partial charge in [-0.1, -0.05) is 0 Å². The molecule has 0 heterocycles. The van der Waals surface area contributed by atoms with Crippen LogP contribution >= 0.6 is 0 Å². The molecule has 0 aliphatic rings. The molecule has 0 aliphatic heterocycles. The first-order valence-electron chi connectivity index (χ1n) is 1.63. The summed E-state index contributed by atoms with van der Waals surface area (Å²) in [5.74, 6) is 0. The Morgan fingerprint density at radius 2 is 0.462 bits per heavy atom. The van der Waals surface area contributed by atoms with Gasteiger partial charge in [0.2, 0.25) is 0 Å². The van der Waals surface area contributed by atoms with Crippen LogP contribution in [0, 0.1) is 0 Å². The molecule has 8 nitrogen and oxygen atoms in total. The molecular formula is Al2MgO8Si2-6. The SMILES string of the molecule is [Al].[Al].[Mg+2].[O-][Si]([O-])([O-])[O-].[O-][Si]([O-])([O-])[O-]. The molecular weight excluding hydrogens is 262 g/mol. The first-order chi connectivity index (χ1) is 4.00. The van der Waals surface area contributed by atoms with Crippen LogP contribution in [0.1, 0.15) is 0 Å². The maximum atomic E-state index is 8.58. The van der Waals surface area contributed by atoms with Crippen LogP contribution in [0.4, 0.5) is 0 Å². The van der Waals surface area contributed by atoms with E-state index in [9.17, 15) is 0 Å². The van der Waals surface area contributed by atoms with Crippen molar-refractivity contribution in [3.63, 3.8) is 0 Å². The Bertz CT molecular complexity index is 63.1. The van der Waals surface area contributed by atoms with E-state index < -0.39 is 18.1 Å². The summed E-state index contributed by atoms with van der Waals surface area (Å²) in [7, 11) is -11.2. The minimum absolute atomic E-state index is 0. The van der Waals surface area contributed by atoms with E-state index in [-0.39, 0.29) is 57.8 Å². The van der Waals surface area contributed by atoms with E-state index in [1.54, 1.807) is 0 Å². The second-order valence-corrected chi connectivity index (χ2v) is 3.00. The Morgan fingerprint density at radius 3 is 0.462 bits per heavy atom. The van der Waals surface area contributed by atoms with Gasteiger partial charge in [0.15, 0.2) is 0 Å². The summed E-state index contributed by atoms with van der Waals surface area (Å²) in [6, 6.07) is 0. The molecule has 13 heavy (non-hydrogen) atoms. The fraction of sp³-hybridized carbons (Fsp3) is 0. The zero-order valence-electron chi connectivity index (χ0n) is 6.13. The minimum atomic E-state index is -5.61. The van der Waals surface area contributed by atoms with Crippen molar-refractivity contribution in [3.05, 3.63) is 0 Å². The molecule has 0 atom stereocenters. The second kappa shape index (κ2) is 12.0. The van der Waals surface area contributed by atoms with E-state index in [1.165, 1.54) is 0 Å². The largest absolute Gasteiger partial charge is 2.00 e. The molecule has 0 aliphatic carbocycles. The zero-order valence-corrected chi connectivity index (χ0v) is 11.9. The number of rotatable bonds is 0. The summed E-state index contributed by atoms with van der Waals surface area (Å²) in [5, 5.41) is 0. The molecule has 0 aromatic carbocycles. The summed E-state index contributed by atoms with van der Waals surface area (Å²) in [6.45, 7) is 0. The Kier molecular flexibility index (Phi) is 27.2. The minimum Gasteiger partial charge on any atom is -0.894 e. The molecule has 0 unspecified atom stereocenters. The second-order valence-electron chi connectivity index (χ2n) is 1.00. The molecule has 0 aromatic rings. The van der Waals surface area contributed by atoms with Crippen molar-refractivity contribution in [3.8, 4) is 0 Å². The van der Waals surface area contributed by atoms with Crippen LogP contribution in [0.5, 0.6) is 0 Å². The number of hydrogen-bond acceptors (Lipinski definition) is 8. The molecule has 0 fully saturated rings. The number of hydrogen-bond donors (Lipinski definition) is 0. The van der Waals surface area contributed by atoms with E-state index in [4.69, 9.17) is 38.4 Å². The van der Waals surface area contributed by atoms with Crippen molar-refractivity contribution in [2.24, 2.45) is 0 Å². The average molecular weight is 262 g/mol. The quantitative estimate of drug-likeness (QED) is 0.385. The van der Waals surface area contributed by atoms with E-state index in [0.717, 1.165) is 0 Å². The van der Waals surface area contributed by atoms with Gasteiger partial charge in [-0.3, -0.25) is 0 Å². The van der Waals surface area contributed by atoms with Gasteiger partial charge < -0.3 is 56.5 Å². The summed E-state index contributed by atoms with van der Waals surface area (Å²) in [5.41, 5.74) is 0. The standard InChI is InChI=1S/2Al.Mg.2O4Si/c;;;2*1-5(2,3)4/q;;+2;2*-4. The monoisotopic (exact) mass is 262 g/mol. The molecule has 0 rings (SSSR count). The Hall–Kier alpha value is 1.94. The maximum Gasteiger partial charge on any atom is 2.00 e. The predicted molar refractivity (Wildman–Crippen MR) is 28.8 cm³/mol. The summed E-state index contributed by atoms with van der Waals surface area (Å²) < 4.78 is 0. The molecule has 0 spiro atoms. The van der Waals surface area contributed by atoms with Gasteiger partial charge >= 0.3 is 23.1 Å². The fourth-order valence-corrected chi connectivity index (χ4v) is 0. The third-order valence-corrected chi connectivity index (χ3v) is 0. The molecule has 13 heteroatoms. The first-order valence-corrected chi connectivity index (χ1v) is 4.90. The van der Waals surface area contributed by atoms with Gasteiger partial charge in [-0.25, -0.2) is 0 Å². The van der Waals surface area contributed by atoms with Gasteiger partial charge in [0, 0.05) is 34.7 Å². The smallest absolute Gasteiger partial charge is 0.894 e. The van der Waals surface area contributed by atoms with Crippen LogP contribution < -0.4 is 38.4 Å². The van der Waals surface area contributed by atoms with Crippen LogP contribution in [0.2, 0.25) is 0 Å². The van der Waals surface area contributed by atoms with Gasteiger partial charge in [-0.05, 0) is 0 Å². The van der Waals surface area contributed by atoms with Crippen molar-refractivity contribution in [2.75, 3.05) is 0 Å². The van der Waals surface area contributed by atoms with Crippen LogP contribution in [0.15, 0.2) is 0 Å². The topological polar surface area (TPSA) is 184 Å². The average Bonchev–Trinajstić information content (AvgIpc) is 1.12. The van der Waals surface area contributed by atoms with E-state index in [1.807, 2.05) is 0 Å². The van der Waals surface area contributed by atoms with Gasteiger partial charge in [-0.2, -0.15) is 0 Å². The maximum absolute atomic E-state index is 8.58. The van der Waals surface area contributed by atoms with Crippen LogP contribution in [-0.4, -0.2) is 75.9 Å². The molecule has 6 radical (unpaired) electrons. The van der Waals surface area contributed by atoms with Crippen molar-refractivity contribution in [1.29, 1.82) is 0 Å². The van der Waals surface area contributed by atoms with E-state index in [0.29, 0.717) is 0 Å². The fourth-order valence-electron chi connectivity index (χ4n) is 0. The van der Waals surface area contributed by atoms with Crippen LogP contribution in [0.3, 0.4) is 0 Å². The molecule has 0 N–H and O–H groups in total. The summed E-state index contributed by atoms with van der Waals surface area (Å²) in [4.78, 5) is 68.6. The van der Waals surface area contributed by atoms with E-state index in [2.05, 4.69) is 0 Å². The van der Waals surface area contributed by atoms with Crippen molar-refractivity contribution < 1.29 is 38.4 Å². The van der Waals surface area contributed by atoms with Crippen LogP contribution in [0.25, 0.3) is 0 Å². The molecule has 70 valence electrons. The molecule has 0 bridgehead atoms. The van der Waals surface area contributed by atoms with Gasteiger partial charge in [0.05, 0.1) is 0 Å². The van der Waals surface area contributed by atoms with Gasteiger partial charge in [0.25, 0.3) is 0 Å². The third-order valence-electron chi connectivity index (χ3n) is 0. The van der Waals surface area contributed by atoms with Crippen molar-refractivity contribution in [2.45, 2.75) is 0 Å². The molecule has 0 saturated heterocycles. The molecule has 0 amide bonds. The first kappa shape index (κ1) is 29.4. The van der Waals surface area contributed by atoms with Crippen molar-refractivity contribution in [1.82, 2.24) is 0 Å². The van der Waals surface area contributed by atoms with Gasteiger partial charge in [-0.15, -0.1) is 0 Å². The normalized spacial score (nSPS) is 9.23. The third kappa shape index (κ3) is 526. The van der Waals surface area contributed by atoms with Crippen LogP contribution in [-0.2, 0) is 0 Å². The molecule has 0 aromatic heterocycles. The van der Waals surface area contributed by atoms with E-state index >= 15 is 0 Å². The summed E-state index contributed by atoms with van der Waals surface area (Å²) >= 11 is 0. The molecule has 0 saturated carbocycles. The Balaban J connectivity index is -0.0000000267. The van der Waals surface area contributed by atoms with Crippen molar-refractivity contribution >= 4 is 75.9 Å². The predicted octanol–water partition coefficient (Wildman–Crippen LogP) is -11.4. The Labute approximate surface area is 113 Å². The summed E-state index contributed by atoms with van der Waals surface area (Å²) in [6.07, 6.45) is 0.